The van der Waals surface area contributed by atoms with E-state index in [1.54, 1.807) is 10.9 Å². The van der Waals surface area contributed by atoms with Crippen LogP contribution in [0.1, 0.15) is 16.8 Å². The van der Waals surface area contributed by atoms with Gasteiger partial charge in [-0.15, -0.1) is 0 Å². The number of aromatic nitrogens is 6. The summed E-state index contributed by atoms with van der Waals surface area (Å²) in [6.45, 7) is 3.80. The van der Waals surface area contributed by atoms with Crippen LogP contribution in [-0.4, -0.2) is 55.1 Å². The van der Waals surface area contributed by atoms with Crippen LogP contribution in [0.25, 0.3) is 11.0 Å². The van der Waals surface area contributed by atoms with E-state index < -0.39 is 11.9 Å². The number of hydrogen-bond donors (Lipinski definition) is 1. The molecule has 0 aromatic carbocycles. The SMILES string of the molecule is FC(F)(F)c1ccc(Cn2cc(CNc3nc4c5c(ccn5CC5COCCN45)n3)cn2)cn1. The van der Waals surface area contributed by atoms with Crippen molar-refractivity contribution in [2.24, 2.45) is 0 Å². The Kier molecular flexibility index (Phi) is 4.90. The van der Waals surface area contributed by atoms with Gasteiger partial charge in [-0.2, -0.15) is 23.3 Å². The molecule has 6 heterocycles. The van der Waals surface area contributed by atoms with Gasteiger partial charge in [0.15, 0.2) is 5.82 Å². The molecule has 176 valence electrons. The number of pyridine rings is 1. The number of ether oxygens (including phenoxy) is 1. The van der Waals surface area contributed by atoms with E-state index in [1.165, 1.54) is 12.3 Å². The fourth-order valence-electron chi connectivity index (χ4n) is 4.47. The molecule has 0 aliphatic carbocycles. The number of nitrogens with one attached hydrogen (secondary N) is 1. The zero-order chi connectivity index (χ0) is 23.3. The molecule has 0 spiro atoms. The van der Waals surface area contributed by atoms with Crippen LogP contribution < -0.4 is 10.2 Å². The average molecular weight is 470 g/mol. The van der Waals surface area contributed by atoms with Crippen LogP contribution in [0.3, 0.4) is 0 Å². The molecule has 0 radical (unpaired) electrons. The molecule has 1 unspecified atom stereocenters. The monoisotopic (exact) mass is 470 g/mol. The van der Waals surface area contributed by atoms with Gasteiger partial charge in [0, 0.05) is 43.8 Å². The molecular formula is C22H21F3N8O. The zero-order valence-corrected chi connectivity index (χ0v) is 18.0. The lowest BCUT2D eigenvalue weighted by molar-refractivity contribution is -0.141. The Morgan fingerprint density at radius 3 is 2.85 bits per heavy atom. The molecule has 1 fully saturated rings. The van der Waals surface area contributed by atoms with Gasteiger partial charge in [0.1, 0.15) is 11.2 Å². The Morgan fingerprint density at radius 2 is 2.03 bits per heavy atom. The average Bonchev–Trinajstić information content (AvgIpc) is 3.45. The van der Waals surface area contributed by atoms with Crippen molar-refractivity contribution in [3.8, 4) is 0 Å². The molecule has 12 heteroatoms. The molecule has 2 aliphatic rings. The summed E-state index contributed by atoms with van der Waals surface area (Å²) in [7, 11) is 0. The summed E-state index contributed by atoms with van der Waals surface area (Å²) in [4.78, 5) is 15.3. The largest absolute Gasteiger partial charge is 0.433 e. The Morgan fingerprint density at radius 1 is 1.12 bits per heavy atom. The van der Waals surface area contributed by atoms with Crippen molar-refractivity contribution < 1.29 is 17.9 Å². The number of alkyl halides is 3. The van der Waals surface area contributed by atoms with Gasteiger partial charge in [-0.3, -0.25) is 9.67 Å². The second kappa shape index (κ2) is 7.97. The lowest BCUT2D eigenvalue weighted by Gasteiger charge is -2.40. The number of anilines is 2. The highest BCUT2D eigenvalue weighted by atomic mass is 19.4. The van der Waals surface area contributed by atoms with Gasteiger partial charge in [0.25, 0.3) is 0 Å². The highest BCUT2D eigenvalue weighted by Crippen LogP contribution is 2.33. The number of hydrogen-bond acceptors (Lipinski definition) is 7. The van der Waals surface area contributed by atoms with Gasteiger partial charge in [-0.1, -0.05) is 6.07 Å². The predicted molar refractivity (Wildman–Crippen MR) is 117 cm³/mol. The van der Waals surface area contributed by atoms with E-state index in [0.717, 1.165) is 41.6 Å². The first-order valence-electron chi connectivity index (χ1n) is 10.9. The van der Waals surface area contributed by atoms with Crippen LogP contribution in [0.15, 0.2) is 43.0 Å². The summed E-state index contributed by atoms with van der Waals surface area (Å²) < 4.78 is 47.6. The molecule has 1 N–H and O–H groups in total. The molecule has 1 atom stereocenters. The molecule has 0 saturated carbocycles. The summed E-state index contributed by atoms with van der Waals surface area (Å²) >= 11 is 0. The van der Waals surface area contributed by atoms with Crippen LogP contribution in [0.4, 0.5) is 24.9 Å². The lowest BCUT2D eigenvalue weighted by Crippen LogP contribution is -2.50. The van der Waals surface area contributed by atoms with Gasteiger partial charge < -0.3 is 19.5 Å². The first kappa shape index (κ1) is 20.9. The lowest BCUT2D eigenvalue weighted by atomic mass is 10.1. The number of halogens is 3. The van der Waals surface area contributed by atoms with E-state index in [9.17, 15) is 13.2 Å². The van der Waals surface area contributed by atoms with Crippen molar-refractivity contribution in [3.05, 3.63) is 59.8 Å². The van der Waals surface area contributed by atoms with E-state index in [1.807, 2.05) is 18.5 Å². The minimum atomic E-state index is -4.45. The Bertz CT molecular complexity index is 1330. The van der Waals surface area contributed by atoms with Crippen molar-refractivity contribution in [3.63, 3.8) is 0 Å². The van der Waals surface area contributed by atoms with E-state index in [4.69, 9.17) is 9.72 Å². The summed E-state index contributed by atoms with van der Waals surface area (Å²) in [6, 6.07) is 4.65. The number of morpholine rings is 1. The molecule has 1 saturated heterocycles. The topological polar surface area (TPSA) is 85.9 Å². The molecule has 4 aromatic rings. The molecular weight excluding hydrogens is 449 g/mol. The van der Waals surface area contributed by atoms with Crippen LogP contribution >= 0.6 is 0 Å². The first-order valence-corrected chi connectivity index (χ1v) is 10.9. The van der Waals surface area contributed by atoms with Crippen LogP contribution in [0.2, 0.25) is 0 Å². The maximum atomic E-state index is 12.7. The summed E-state index contributed by atoms with van der Waals surface area (Å²) in [5.41, 5.74) is 2.56. The maximum absolute atomic E-state index is 12.7. The Hall–Kier alpha value is -3.67. The Balaban J connectivity index is 1.16. The predicted octanol–water partition coefficient (Wildman–Crippen LogP) is 2.92. The van der Waals surface area contributed by atoms with E-state index in [-0.39, 0.29) is 6.04 Å². The second-order valence-electron chi connectivity index (χ2n) is 8.44. The number of rotatable bonds is 5. The van der Waals surface area contributed by atoms with Crippen molar-refractivity contribution in [2.75, 3.05) is 30.0 Å². The third-order valence-electron chi connectivity index (χ3n) is 6.10. The van der Waals surface area contributed by atoms with Gasteiger partial charge in [0.2, 0.25) is 5.95 Å². The smallest absolute Gasteiger partial charge is 0.377 e. The molecule has 0 amide bonds. The maximum Gasteiger partial charge on any atom is 0.433 e. The van der Waals surface area contributed by atoms with Crippen molar-refractivity contribution in [1.82, 2.24) is 29.3 Å². The van der Waals surface area contributed by atoms with Crippen LogP contribution in [0, 0.1) is 0 Å². The van der Waals surface area contributed by atoms with Crippen molar-refractivity contribution in [2.45, 2.75) is 31.9 Å². The van der Waals surface area contributed by atoms with Gasteiger partial charge in [0.05, 0.1) is 37.5 Å². The second-order valence-corrected chi connectivity index (χ2v) is 8.44. The zero-order valence-electron chi connectivity index (χ0n) is 18.0. The van der Waals surface area contributed by atoms with E-state index in [0.29, 0.717) is 37.8 Å². The third kappa shape index (κ3) is 3.83. The van der Waals surface area contributed by atoms with Crippen molar-refractivity contribution >= 4 is 22.8 Å². The highest BCUT2D eigenvalue weighted by molar-refractivity contribution is 5.89. The minimum absolute atomic E-state index is 0.262. The summed E-state index contributed by atoms with van der Waals surface area (Å²) in [5.74, 6) is 1.45. The molecule has 9 nitrogen and oxygen atoms in total. The standard InChI is InChI=1S/C22H21F3N8O/c23-22(24,25)18-2-1-14(7-26-18)10-32-11-15(9-28-32)8-27-21-29-17-3-4-31-12-16-13-34-6-5-33(16)20(30-21)19(17)31/h1-4,7,9,11,16H,5-6,8,10,12-13H2,(H,27,29,30). The number of nitrogens with zero attached hydrogens (tertiary/aromatic N) is 7. The van der Waals surface area contributed by atoms with E-state index >= 15 is 0 Å². The third-order valence-corrected chi connectivity index (χ3v) is 6.10. The van der Waals surface area contributed by atoms with Gasteiger partial charge >= 0.3 is 6.18 Å². The molecule has 34 heavy (non-hydrogen) atoms. The normalized spacial score (nSPS) is 17.7. The fraction of sp³-hybridized carbons (Fsp3) is 0.364. The van der Waals surface area contributed by atoms with Gasteiger partial charge in [-0.25, -0.2) is 4.98 Å². The van der Waals surface area contributed by atoms with Crippen molar-refractivity contribution in [1.29, 1.82) is 0 Å². The number of fused-ring (bicyclic) bond motifs is 2. The summed E-state index contributed by atoms with van der Waals surface area (Å²) in [5, 5.41) is 7.58. The molecule has 6 rings (SSSR count). The first-order chi connectivity index (χ1) is 16.4. The van der Waals surface area contributed by atoms with Crippen LogP contribution in [-0.2, 0) is 30.5 Å². The quantitative estimate of drug-likeness (QED) is 0.480. The molecule has 2 aliphatic heterocycles. The highest BCUT2D eigenvalue weighted by Gasteiger charge is 2.33. The van der Waals surface area contributed by atoms with Gasteiger partial charge in [-0.05, 0) is 17.7 Å². The summed E-state index contributed by atoms with van der Waals surface area (Å²) in [6.07, 6.45) is 2.36. The fourth-order valence-corrected chi connectivity index (χ4v) is 4.47. The Labute approximate surface area is 192 Å². The minimum Gasteiger partial charge on any atom is -0.377 e. The van der Waals surface area contributed by atoms with E-state index in [2.05, 4.69) is 29.9 Å². The van der Waals surface area contributed by atoms with Crippen LogP contribution in [0.5, 0.6) is 0 Å². The molecule has 4 aromatic heterocycles. The molecule has 0 bridgehead atoms.